The third kappa shape index (κ3) is 3.18. The number of phenols is 1. The topological polar surface area (TPSA) is 57.5 Å². The maximum atomic E-state index is 13.9. The van der Waals surface area contributed by atoms with Gasteiger partial charge in [0.15, 0.2) is 0 Å². The van der Waals surface area contributed by atoms with Crippen LogP contribution in [0, 0.1) is 11.6 Å². The van der Waals surface area contributed by atoms with Crippen molar-refractivity contribution in [1.29, 1.82) is 0 Å². The molecular formula is C16H14F2O3. The average Bonchev–Trinajstić information content (AvgIpc) is 2.43. The van der Waals surface area contributed by atoms with Crippen molar-refractivity contribution in [2.24, 2.45) is 0 Å². The van der Waals surface area contributed by atoms with Gasteiger partial charge in [0.05, 0.1) is 5.56 Å². The molecule has 0 saturated heterocycles. The van der Waals surface area contributed by atoms with Crippen LogP contribution in [0.5, 0.6) is 5.75 Å². The van der Waals surface area contributed by atoms with Gasteiger partial charge in [-0.05, 0) is 35.7 Å². The van der Waals surface area contributed by atoms with Crippen molar-refractivity contribution >= 4 is 5.97 Å². The van der Waals surface area contributed by atoms with Gasteiger partial charge in [-0.3, -0.25) is 0 Å². The number of carboxylic acids is 1. The van der Waals surface area contributed by atoms with E-state index in [1.54, 1.807) is 6.07 Å². The average molecular weight is 292 g/mol. The first kappa shape index (κ1) is 15.0. The molecule has 0 bridgehead atoms. The minimum absolute atomic E-state index is 0.122. The Morgan fingerprint density at radius 1 is 1.14 bits per heavy atom. The summed E-state index contributed by atoms with van der Waals surface area (Å²) in [6.07, 6.45) is 0.539. The Kier molecular flexibility index (Phi) is 4.21. The van der Waals surface area contributed by atoms with Gasteiger partial charge in [0, 0.05) is 12.0 Å². The van der Waals surface area contributed by atoms with E-state index in [2.05, 4.69) is 0 Å². The van der Waals surface area contributed by atoms with Crippen molar-refractivity contribution < 1.29 is 23.8 Å². The molecule has 0 heterocycles. The highest BCUT2D eigenvalue weighted by Crippen LogP contribution is 2.26. The van der Waals surface area contributed by atoms with Crippen LogP contribution in [0.3, 0.4) is 0 Å². The minimum atomic E-state index is -1.34. The summed E-state index contributed by atoms with van der Waals surface area (Å²) in [5, 5.41) is 18.5. The van der Waals surface area contributed by atoms with E-state index in [-0.39, 0.29) is 23.1 Å². The molecule has 0 saturated carbocycles. The Bertz CT molecular complexity index is 673. The number of rotatable bonds is 4. The van der Waals surface area contributed by atoms with Gasteiger partial charge in [-0.15, -0.1) is 0 Å². The maximum Gasteiger partial charge on any atom is 0.335 e. The van der Waals surface area contributed by atoms with Crippen molar-refractivity contribution in [2.45, 2.75) is 19.8 Å². The predicted molar refractivity (Wildman–Crippen MR) is 73.6 cm³/mol. The van der Waals surface area contributed by atoms with E-state index in [0.29, 0.717) is 6.42 Å². The van der Waals surface area contributed by atoms with Gasteiger partial charge in [0.25, 0.3) is 0 Å². The van der Waals surface area contributed by atoms with Crippen LogP contribution in [0.15, 0.2) is 30.3 Å². The molecule has 0 aliphatic heterocycles. The van der Waals surface area contributed by atoms with Crippen LogP contribution in [-0.2, 0) is 12.8 Å². The summed E-state index contributed by atoms with van der Waals surface area (Å²) in [7, 11) is 0. The highest BCUT2D eigenvalue weighted by Gasteiger charge is 2.16. The number of hydrogen-bond donors (Lipinski definition) is 2. The second-order valence-corrected chi connectivity index (χ2v) is 4.72. The largest absolute Gasteiger partial charge is 0.508 e. The molecule has 5 heteroatoms. The van der Waals surface area contributed by atoms with Crippen LogP contribution in [0.25, 0.3) is 0 Å². The van der Waals surface area contributed by atoms with Gasteiger partial charge in [-0.25, -0.2) is 13.6 Å². The van der Waals surface area contributed by atoms with E-state index in [4.69, 9.17) is 5.11 Å². The molecule has 110 valence electrons. The van der Waals surface area contributed by atoms with Gasteiger partial charge < -0.3 is 10.2 Å². The smallest absolute Gasteiger partial charge is 0.335 e. The Balaban J connectivity index is 2.38. The fourth-order valence-corrected chi connectivity index (χ4v) is 2.07. The molecule has 2 aromatic rings. The third-order valence-electron chi connectivity index (χ3n) is 3.31. The second kappa shape index (κ2) is 5.91. The fourth-order valence-electron chi connectivity index (χ4n) is 2.07. The summed E-state index contributed by atoms with van der Waals surface area (Å²) in [6, 6.07) is 6.42. The van der Waals surface area contributed by atoms with E-state index in [1.165, 1.54) is 12.1 Å². The third-order valence-corrected chi connectivity index (χ3v) is 3.31. The number of aryl methyl sites for hydroxylation is 1. The number of aromatic hydroxyl groups is 1. The molecule has 0 spiro atoms. The molecular weight excluding hydrogens is 278 g/mol. The highest BCUT2D eigenvalue weighted by molar-refractivity contribution is 5.88. The van der Waals surface area contributed by atoms with Gasteiger partial charge >= 0.3 is 5.97 Å². The van der Waals surface area contributed by atoms with Gasteiger partial charge in [-0.1, -0.05) is 19.1 Å². The molecule has 3 nitrogen and oxygen atoms in total. The van der Waals surface area contributed by atoms with Crippen molar-refractivity contribution in [2.75, 3.05) is 0 Å². The highest BCUT2D eigenvalue weighted by atomic mass is 19.1. The molecule has 0 aliphatic carbocycles. The number of halogens is 2. The molecule has 0 radical (unpaired) electrons. The van der Waals surface area contributed by atoms with E-state index in [0.717, 1.165) is 17.7 Å². The molecule has 0 aromatic heterocycles. The Morgan fingerprint density at radius 3 is 2.38 bits per heavy atom. The van der Waals surface area contributed by atoms with Crippen molar-refractivity contribution in [3.8, 4) is 5.75 Å². The zero-order valence-corrected chi connectivity index (χ0v) is 11.4. The van der Waals surface area contributed by atoms with E-state index in [1.807, 2.05) is 6.92 Å². The molecule has 0 atom stereocenters. The molecule has 2 aromatic carbocycles. The Morgan fingerprint density at radius 2 is 1.86 bits per heavy atom. The minimum Gasteiger partial charge on any atom is -0.508 e. The normalized spacial score (nSPS) is 10.6. The molecule has 0 aliphatic rings. The fraction of sp³-hybridized carbons (Fsp3) is 0.188. The molecule has 0 unspecified atom stereocenters. The number of carboxylic acid groups (broad SMARTS) is 1. The number of phenolic OH excluding ortho intramolecular Hbond substituents is 1. The molecule has 2 rings (SSSR count). The lowest BCUT2D eigenvalue weighted by atomic mass is 9.99. The zero-order chi connectivity index (χ0) is 15.6. The lowest BCUT2D eigenvalue weighted by Gasteiger charge is -2.09. The summed E-state index contributed by atoms with van der Waals surface area (Å²) in [6.45, 7) is 1.89. The Labute approximate surface area is 120 Å². The number of hydrogen-bond acceptors (Lipinski definition) is 2. The summed E-state index contributed by atoms with van der Waals surface area (Å²) >= 11 is 0. The quantitative estimate of drug-likeness (QED) is 0.906. The maximum absolute atomic E-state index is 13.9. The van der Waals surface area contributed by atoms with Crippen molar-refractivity contribution in [3.63, 3.8) is 0 Å². The van der Waals surface area contributed by atoms with Crippen LogP contribution < -0.4 is 0 Å². The first-order valence-electron chi connectivity index (χ1n) is 6.44. The lowest BCUT2D eigenvalue weighted by molar-refractivity contribution is 0.0695. The van der Waals surface area contributed by atoms with Crippen molar-refractivity contribution in [3.05, 3.63) is 64.2 Å². The van der Waals surface area contributed by atoms with Crippen LogP contribution in [0.2, 0.25) is 0 Å². The molecule has 2 N–H and O–H groups in total. The number of carbonyl (C=O) groups is 1. The molecule has 21 heavy (non-hydrogen) atoms. The monoisotopic (exact) mass is 292 g/mol. The van der Waals surface area contributed by atoms with Crippen LogP contribution in [0.4, 0.5) is 8.78 Å². The van der Waals surface area contributed by atoms with Crippen LogP contribution in [0.1, 0.15) is 34.0 Å². The molecule has 0 amide bonds. The second-order valence-electron chi connectivity index (χ2n) is 4.72. The predicted octanol–water partition coefficient (Wildman–Crippen LogP) is 3.52. The van der Waals surface area contributed by atoms with Gasteiger partial charge in [0.1, 0.15) is 17.4 Å². The molecule has 0 fully saturated rings. The lowest BCUT2D eigenvalue weighted by Crippen LogP contribution is -2.02. The first-order chi connectivity index (χ1) is 9.92. The summed E-state index contributed by atoms with van der Waals surface area (Å²) in [5.41, 5.74) is 0.588. The SMILES string of the molecule is CCc1ccc(Cc2c(O)cc(C(=O)O)cc2F)c(F)c1. The Hall–Kier alpha value is -2.43. The standard InChI is InChI=1S/C16H14F2O3/c1-2-9-3-4-10(13(17)5-9)6-12-14(18)7-11(16(20)21)8-15(12)19/h3-5,7-8,19H,2,6H2,1H3,(H,20,21). The summed E-state index contributed by atoms with van der Waals surface area (Å²) in [5.74, 6) is -3.18. The number of benzene rings is 2. The zero-order valence-electron chi connectivity index (χ0n) is 11.4. The summed E-state index contributed by atoms with van der Waals surface area (Å²) < 4.78 is 27.8. The van der Waals surface area contributed by atoms with E-state index >= 15 is 0 Å². The summed E-state index contributed by atoms with van der Waals surface area (Å²) in [4.78, 5) is 10.8. The van der Waals surface area contributed by atoms with Crippen LogP contribution >= 0.6 is 0 Å². The van der Waals surface area contributed by atoms with E-state index in [9.17, 15) is 18.7 Å². The van der Waals surface area contributed by atoms with Gasteiger partial charge in [-0.2, -0.15) is 0 Å². The van der Waals surface area contributed by atoms with E-state index < -0.39 is 23.4 Å². The first-order valence-corrected chi connectivity index (χ1v) is 6.44. The van der Waals surface area contributed by atoms with Gasteiger partial charge in [0.2, 0.25) is 0 Å². The number of aromatic carboxylic acids is 1. The van der Waals surface area contributed by atoms with Crippen LogP contribution in [-0.4, -0.2) is 16.2 Å². The van der Waals surface area contributed by atoms with Crippen molar-refractivity contribution in [1.82, 2.24) is 0 Å².